The van der Waals surface area contributed by atoms with Crippen LogP contribution >= 0.6 is 0 Å². The summed E-state index contributed by atoms with van der Waals surface area (Å²) in [5.74, 6) is 1.99. The zero-order chi connectivity index (χ0) is 33.5. The SMILES string of the molecule is CCCN1CCCN(c2nc(-c3ccc(NC(=O)Nc4ccc(C(=O)N5CCC(N(C)C)C5)cc4)cc3)nc(N3CCOCC3)n2)CC1. The maximum Gasteiger partial charge on any atom is 0.323 e. The summed E-state index contributed by atoms with van der Waals surface area (Å²) in [6, 6.07) is 14.6. The van der Waals surface area contributed by atoms with Gasteiger partial charge in [-0.25, -0.2) is 4.79 Å². The van der Waals surface area contributed by atoms with E-state index in [9.17, 15) is 9.59 Å². The summed E-state index contributed by atoms with van der Waals surface area (Å²) < 4.78 is 5.57. The van der Waals surface area contributed by atoms with Crippen LogP contribution < -0.4 is 20.4 Å². The van der Waals surface area contributed by atoms with E-state index in [0.29, 0.717) is 53.9 Å². The number of nitrogens with one attached hydrogen (secondary N) is 2. The number of hydrogen-bond donors (Lipinski definition) is 2. The third-order valence-corrected chi connectivity index (χ3v) is 9.29. The number of anilines is 4. The lowest BCUT2D eigenvalue weighted by Gasteiger charge is -2.28. The molecule has 1 aromatic heterocycles. The van der Waals surface area contributed by atoms with Crippen molar-refractivity contribution in [1.82, 2.24) is 29.7 Å². The Morgan fingerprint density at radius 3 is 2.08 bits per heavy atom. The molecule has 0 spiro atoms. The van der Waals surface area contributed by atoms with E-state index in [1.807, 2.05) is 43.3 Å². The molecular weight excluding hydrogens is 608 g/mol. The number of carbonyl (C=O) groups excluding carboxylic acids is 2. The van der Waals surface area contributed by atoms with Gasteiger partial charge in [0.15, 0.2) is 5.82 Å². The minimum Gasteiger partial charge on any atom is -0.378 e. The van der Waals surface area contributed by atoms with E-state index in [2.05, 4.69) is 37.2 Å². The van der Waals surface area contributed by atoms with Gasteiger partial charge >= 0.3 is 6.03 Å². The molecule has 3 fully saturated rings. The first-order valence-corrected chi connectivity index (χ1v) is 17.2. The van der Waals surface area contributed by atoms with Crippen LogP contribution in [0.15, 0.2) is 48.5 Å². The minimum atomic E-state index is -0.370. The lowest BCUT2D eigenvalue weighted by molar-refractivity contribution is 0.0783. The fraction of sp³-hybridized carbons (Fsp3) is 0.514. The van der Waals surface area contributed by atoms with Gasteiger partial charge in [-0.15, -0.1) is 0 Å². The van der Waals surface area contributed by atoms with Crippen molar-refractivity contribution in [3.63, 3.8) is 0 Å². The monoisotopic (exact) mass is 656 g/mol. The topological polar surface area (TPSA) is 122 Å². The number of hydrogen-bond acceptors (Lipinski definition) is 10. The van der Waals surface area contributed by atoms with Crippen molar-refractivity contribution < 1.29 is 14.3 Å². The fourth-order valence-electron chi connectivity index (χ4n) is 6.46. The van der Waals surface area contributed by atoms with Crippen LogP contribution in [0.4, 0.5) is 28.1 Å². The number of likely N-dealkylation sites (tertiary alicyclic amines) is 1. The quantitative estimate of drug-likeness (QED) is 0.353. The van der Waals surface area contributed by atoms with Gasteiger partial charge in [0.05, 0.1) is 13.2 Å². The molecule has 0 saturated carbocycles. The highest BCUT2D eigenvalue weighted by atomic mass is 16.5. The maximum absolute atomic E-state index is 12.9. The van der Waals surface area contributed by atoms with Crippen LogP contribution in [0, 0.1) is 0 Å². The summed E-state index contributed by atoms with van der Waals surface area (Å²) in [5.41, 5.74) is 2.70. The number of rotatable bonds is 9. The van der Waals surface area contributed by atoms with Crippen molar-refractivity contribution in [3.05, 3.63) is 54.1 Å². The average Bonchev–Trinajstić information content (AvgIpc) is 3.50. The molecule has 48 heavy (non-hydrogen) atoms. The average molecular weight is 657 g/mol. The molecule has 3 aliphatic rings. The Morgan fingerprint density at radius 1 is 0.812 bits per heavy atom. The Balaban J connectivity index is 1.10. The van der Waals surface area contributed by atoms with Gasteiger partial charge in [0.1, 0.15) is 0 Å². The van der Waals surface area contributed by atoms with Crippen LogP contribution in [0.1, 0.15) is 36.5 Å². The second-order valence-corrected chi connectivity index (χ2v) is 12.9. The highest BCUT2D eigenvalue weighted by Crippen LogP contribution is 2.25. The van der Waals surface area contributed by atoms with Crippen molar-refractivity contribution in [2.24, 2.45) is 0 Å². The molecule has 2 N–H and O–H groups in total. The molecule has 1 unspecified atom stereocenters. The molecular formula is C35H48N10O3. The number of nitrogens with zero attached hydrogens (tertiary/aromatic N) is 8. The van der Waals surface area contributed by atoms with Gasteiger partial charge in [-0.05, 0) is 95.0 Å². The van der Waals surface area contributed by atoms with Gasteiger partial charge in [-0.3, -0.25) is 4.79 Å². The molecule has 4 heterocycles. The molecule has 3 aliphatic heterocycles. The van der Waals surface area contributed by atoms with E-state index >= 15 is 0 Å². The van der Waals surface area contributed by atoms with Crippen LogP contribution in [0.25, 0.3) is 11.4 Å². The van der Waals surface area contributed by atoms with E-state index in [-0.39, 0.29) is 11.9 Å². The molecule has 2 aromatic carbocycles. The van der Waals surface area contributed by atoms with E-state index in [1.54, 1.807) is 24.3 Å². The zero-order valence-electron chi connectivity index (χ0n) is 28.4. The molecule has 0 bridgehead atoms. The lowest BCUT2D eigenvalue weighted by atomic mass is 10.2. The van der Waals surface area contributed by atoms with Crippen molar-refractivity contribution in [2.45, 2.75) is 32.2 Å². The van der Waals surface area contributed by atoms with Gasteiger partial charge in [-0.1, -0.05) is 6.92 Å². The number of urea groups is 1. The van der Waals surface area contributed by atoms with E-state index in [1.165, 1.54) is 0 Å². The van der Waals surface area contributed by atoms with Crippen LogP contribution in [0.5, 0.6) is 0 Å². The molecule has 13 nitrogen and oxygen atoms in total. The molecule has 6 rings (SSSR count). The van der Waals surface area contributed by atoms with E-state index in [4.69, 9.17) is 19.7 Å². The largest absolute Gasteiger partial charge is 0.378 e. The number of benzene rings is 2. The van der Waals surface area contributed by atoms with Crippen LogP contribution in [-0.2, 0) is 4.74 Å². The second-order valence-electron chi connectivity index (χ2n) is 12.9. The van der Waals surface area contributed by atoms with Gasteiger partial charge < -0.3 is 39.9 Å². The standard InChI is InChI=1S/C35H48N10O3/c1-4-15-42-16-5-17-43(20-19-42)33-38-31(39-34(40-33)44-21-23-48-24-22-44)26-6-10-28(11-7-26)36-35(47)37-29-12-8-27(9-13-29)32(46)45-18-14-30(25-45)41(2)3/h6-13,30H,4-5,14-25H2,1-3H3,(H2,36,37,47). The van der Waals surface area contributed by atoms with Crippen LogP contribution in [0.2, 0.25) is 0 Å². The molecule has 0 aliphatic carbocycles. The van der Waals surface area contributed by atoms with Gasteiger partial charge in [0.2, 0.25) is 11.9 Å². The molecule has 256 valence electrons. The Kier molecular flexibility index (Phi) is 11.0. The fourth-order valence-corrected chi connectivity index (χ4v) is 6.46. The summed E-state index contributed by atoms with van der Waals surface area (Å²) in [7, 11) is 4.09. The number of likely N-dealkylation sites (N-methyl/N-ethyl adjacent to an activating group) is 1. The molecule has 0 radical (unpaired) electrons. The molecule has 1 atom stereocenters. The van der Waals surface area contributed by atoms with E-state index in [0.717, 1.165) is 83.7 Å². The van der Waals surface area contributed by atoms with Gasteiger partial charge in [-0.2, -0.15) is 15.0 Å². The molecule has 3 saturated heterocycles. The second kappa shape index (κ2) is 15.7. The first-order valence-electron chi connectivity index (χ1n) is 17.2. The summed E-state index contributed by atoms with van der Waals surface area (Å²) in [6.45, 7) is 11.4. The molecule has 3 amide bonds. The Morgan fingerprint density at radius 2 is 1.46 bits per heavy atom. The van der Waals surface area contributed by atoms with Crippen LogP contribution in [0.3, 0.4) is 0 Å². The summed E-state index contributed by atoms with van der Waals surface area (Å²) in [6.07, 6.45) is 3.19. The molecule has 3 aromatic rings. The third kappa shape index (κ3) is 8.38. The normalized spacial score (nSPS) is 19.0. The number of ether oxygens (including phenoxy) is 1. The van der Waals surface area contributed by atoms with E-state index < -0.39 is 0 Å². The number of carbonyl (C=O) groups is 2. The Hall–Kier alpha value is -4.33. The van der Waals surface area contributed by atoms with Gasteiger partial charge in [0.25, 0.3) is 5.91 Å². The Bertz CT molecular complexity index is 1530. The van der Waals surface area contributed by atoms with Crippen molar-refractivity contribution in [3.8, 4) is 11.4 Å². The van der Waals surface area contributed by atoms with Crippen molar-refractivity contribution >= 4 is 35.2 Å². The molecule has 13 heteroatoms. The predicted octanol–water partition coefficient (Wildman–Crippen LogP) is 3.72. The van der Waals surface area contributed by atoms with Gasteiger partial charge in [0, 0.05) is 74.4 Å². The third-order valence-electron chi connectivity index (χ3n) is 9.29. The number of amides is 3. The predicted molar refractivity (Wildman–Crippen MR) is 189 cm³/mol. The van der Waals surface area contributed by atoms with Crippen LogP contribution in [-0.4, -0.2) is 134 Å². The summed E-state index contributed by atoms with van der Waals surface area (Å²) in [4.78, 5) is 51.5. The summed E-state index contributed by atoms with van der Waals surface area (Å²) >= 11 is 0. The smallest absolute Gasteiger partial charge is 0.323 e. The first kappa shape index (κ1) is 33.6. The Labute approximate surface area is 283 Å². The zero-order valence-corrected chi connectivity index (χ0v) is 28.4. The summed E-state index contributed by atoms with van der Waals surface area (Å²) in [5, 5.41) is 5.75. The maximum atomic E-state index is 12.9. The number of morpholine rings is 1. The minimum absolute atomic E-state index is 0.0165. The van der Waals surface area contributed by atoms with Crippen molar-refractivity contribution in [1.29, 1.82) is 0 Å². The number of aromatic nitrogens is 3. The lowest BCUT2D eigenvalue weighted by Crippen LogP contribution is -2.38. The highest BCUT2D eigenvalue weighted by molar-refractivity contribution is 6.00. The van der Waals surface area contributed by atoms with Crippen molar-refractivity contribution in [2.75, 3.05) is 107 Å². The highest BCUT2D eigenvalue weighted by Gasteiger charge is 2.28. The first-order chi connectivity index (χ1) is 23.4.